The molecule has 0 saturated carbocycles. The number of para-hydroxylation sites is 2. The Kier molecular flexibility index (Phi) is 4.15. The van der Waals surface area contributed by atoms with Gasteiger partial charge in [-0.05, 0) is 49.2 Å². The summed E-state index contributed by atoms with van der Waals surface area (Å²) in [5, 5.41) is 0.945. The van der Waals surface area contributed by atoms with Gasteiger partial charge in [0.25, 0.3) is 0 Å². The van der Waals surface area contributed by atoms with Crippen molar-refractivity contribution in [1.82, 2.24) is 9.97 Å². The Bertz CT molecular complexity index is 698. The molecular formula is C17H18N2OS. The number of imidazole rings is 1. The van der Waals surface area contributed by atoms with Gasteiger partial charge in [0, 0.05) is 5.75 Å². The molecule has 1 heterocycles. The van der Waals surface area contributed by atoms with Gasteiger partial charge in [0.15, 0.2) is 5.16 Å². The lowest BCUT2D eigenvalue weighted by Gasteiger charge is -2.07. The van der Waals surface area contributed by atoms with Crippen LogP contribution in [0.25, 0.3) is 11.0 Å². The zero-order valence-corrected chi connectivity index (χ0v) is 13.0. The topological polar surface area (TPSA) is 37.9 Å². The molecule has 1 N–H and O–H groups in total. The number of aryl methyl sites for hydroxylation is 2. The maximum Gasteiger partial charge on any atom is 0.166 e. The fourth-order valence-electron chi connectivity index (χ4n) is 2.31. The Morgan fingerprint density at radius 2 is 1.86 bits per heavy atom. The van der Waals surface area contributed by atoms with Gasteiger partial charge in [-0.3, -0.25) is 0 Å². The van der Waals surface area contributed by atoms with E-state index in [9.17, 15) is 0 Å². The molecule has 0 aliphatic rings. The lowest BCUT2D eigenvalue weighted by Crippen LogP contribution is -2.00. The molecule has 0 aliphatic carbocycles. The number of rotatable bonds is 5. The van der Waals surface area contributed by atoms with E-state index in [1.165, 1.54) is 11.1 Å². The van der Waals surface area contributed by atoms with Crippen molar-refractivity contribution in [2.24, 2.45) is 0 Å². The maximum atomic E-state index is 5.80. The highest BCUT2D eigenvalue weighted by atomic mass is 32.2. The van der Waals surface area contributed by atoms with E-state index in [1.807, 2.05) is 24.3 Å². The summed E-state index contributed by atoms with van der Waals surface area (Å²) in [4.78, 5) is 7.85. The van der Waals surface area contributed by atoms with Gasteiger partial charge >= 0.3 is 0 Å². The van der Waals surface area contributed by atoms with Crippen LogP contribution in [0.15, 0.2) is 47.6 Å². The first-order chi connectivity index (χ1) is 10.2. The molecule has 2 aromatic carbocycles. The van der Waals surface area contributed by atoms with E-state index in [2.05, 4.69) is 42.0 Å². The van der Waals surface area contributed by atoms with Crippen LogP contribution < -0.4 is 4.74 Å². The summed E-state index contributed by atoms with van der Waals surface area (Å²) in [5.74, 6) is 1.81. The van der Waals surface area contributed by atoms with E-state index in [1.54, 1.807) is 11.8 Å². The monoisotopic (exact) mass is 298 g/mol. The Hall–Kier alpha value is -1.94. The lowest BCUT2D eigenvalue weighted by atomic mass is 10.1. The summed E-state index contributed by atoms with van der Waals surface area (Å²) in [6.07, 6.45) is 0. The van der Waals surface area contributed by atoms with Crippen molar-refractivity contribution in [3.63, 3.8) is 0 Å². The van der Waals surface area contributed by atoms with E-state index < -0.39 is 0 Å². The Labute approximate surface area is 128 Å². The van der Waals surface area contributed by atoms with E-state index in [-0.39, 0.29) is 0 Å². The number of ether oxygens (including phenoxy) is 1. The van der Waals surface area contributed by atoms with Crippen molar-refractivity contribution >= 4 is 22.8 Å². The molecule has 108 valence electrons. The molecule has 0 unspecified atom stereocenters. The van der Waals surface area contributed by atoms with Gasteiger partial charge in [0.2, 0.25) is 0 Å². The molecule has 0 spiro atoms. The third kappa shape index (κ3) is 3.58. The predicted octanol–water partition coefficient (Wildman–Crippen LogP) is 4.35. The second kappa shape index (κ2) is 6.22. The summed E-state index contributed by atoms with van der Waals surface area (Å²) in [5.41, 5.74) is 4.55. The minimum Gasteiger partial charge on any atom is -0.493 e. The number of H-pyrrole nitrogens is 1. The van der Waals surface area contributed by atoms with E-state index >= 15 is 0 Å². The number of aromatic nitrogens is 2. The summed E-state index contributed by atoms with van der Waals surface area (Å²) in [7, 11) is 0. The molecule has 3 rings (SSSR count). The largest absolute Gasteiger partial charge is 0.493 e. The van der Waals surface area contributed by atoms with Crippen LogP contribution in [0.4, 0.5) is 0 Å². The van der Waals surface area contributed by atoms with Gasteiger partial charge in [-0.1, -0.05) is 30.0 Å². The van der Waals surface area contributed by atoms with Crippen molar-refractivity contribution in [3.8, 4) is 5.75 Å². The molecule has 21 heavy (non-hydrogen) atoms. The number of fused-ring (bicyclic) bond motifs is 1. The molecule has 0 amide bonds. The first kappa shape index (κ1) is 14.0. The summed E-state index contributed by atoms with van der Waals surface area (Å²) < 4.78 is 5.80. The van der Waals surface area contributed by atoms with Crippen molar-refractivity contribution in [3.05, 3.63) is 53.6 Å². The van der Waals surface area contributed by atoms with Gasteiger partial charge in [-0.2, -0.15) is 0 Å². The van der Waals surface area contributed by atoms with E-state index in [0.29, 0.717) is 6.61 Å². The molecule has 0 atom stereocenters. The minimum absolute atomic E-state index is 0.671. The fourth-order valence-corrected chi connectivity index (χ4v) is 3.02. The first-order valence-electron chi connectivity index (χ1n) is 6.99. The molecule has 0 saturated heterocycles. The van der Waals surface area contributed by atoms with Gasteiger partial charge < -0.3 is 9.72 Å². The van der Waals surface area contributed by atoms with E-state index in [0.717, 1.165) is 27.7 Å². The minimum atomic E-state index is 0.671. The number of thioether (sulfide) groups is 1. The molecule has 0 radical (unpaired) electrons. The zero-order chi connectivity index (χ0) is 14.7. The molecule has 0 fully saturated rings. The Morgan fingerprint density at radius 3 is 2.62 bits per heavy atom. The highest BCUT2D eigenvalue weighted by Gasteiger charge is 2.03. The number of nitrogens with one attached hydrogen (secondary N) is 1. The summed E-state index contributed by atoms with van der Waals surface area (Å²) >= 11 is 1.68. The fraction of sp³-hybridized carbons (Fsp3) is 0.235. The standard InChI is InChI=1S/C17H18N2OS/c1-12-9-13(2)11-14(10-12)20-7-8-21-17-18-15-5-3-4-6-16(15)19-17/h3-6,9-11H,7-8H2,1-2H3,(H,18,19). The van der Waals surface area contributed by atoms with Gasteiger partial charge in [0.1, 0.15) is 5.75 Å². The molecule has 0 bridgehead atoms. The molecule has 0 aliphatic heterocycles. The van der Waals surface area contributed by atoms with Crippen LogP contribution in [-0.4, -0.2) is 22.3 Å². The second-order valence-corrected chi connectivity index (χ2v) is 6.16. The maximum absolute atomic E-state index is 5.80. The second-order valence-electron chi connectivity index (χ2n) is 5.08. The van der Waals surface area contributed by atoms with Crippen molar-refractivity contribution in [2.45, 2.75) is 19.0 Å². The first-order valence-corrected chi connectivity index (χ1v) is 7.98. The quantitative estimate of drug-likeness (QED) is 0.562. The Morgan fingerprint density at radius 1 is 1.10 bits per heavy atom. The van der Waals surface area contributed by atoms with Crippen LogP contribution in [0, 0.1) is 13.8 Å². The SMILES string of the molecule is Cc1cc(C)cc(OCCSc2nc3ccccc3[nH]2)c1. The Balaban J connectivity index is 1.54. The van der Waals surface area contributed by atoms with Crippen LogP contribution in [0.2, 0.25) is 0 Å². The van der Waals surface area contributed by atoms with Crippen LogP contribution >= 0.6 is 11.8 Å². The van der Waals surface area contributed by atoms with Gasteiger partial charge in [-0.15, -0.1) is 0 Å². The zero-order valence-electron chi connectivity index (χ0n) is 12.2. The normalized spacial score (nSPS) is 11.0. The molecular weight excluding hydrogens is 280 g/mol. The predicted molar refractivity (Wildman–Crippen MR) is 88.2 cm³/mol. The number of benzene rings is 2. The third-order valence-corrected chi connectivity index (χ3v) is 3.99. The van der Waals surface area contributed by atoms with Crippen LogP contribution in [0.1, 0.15) is 11.1 Å². The van der Waals surface area contributed by atoms with Crippen LogP contribution in [-0.2, 0) is 0 Å². The molecule has 4 heteroatoms. The number of hydrogen-bond donors (Lipinski definition) is 1. The van der Waals surface area contributed by atoms with E-state index in [4.69, 9.17) is 4.74 Å². The molecule has 1 aromatic heterocycles. The van der Waals surface area contributed by atoms with Crippen LogP contribution in [0.5, 0.6) is 5.75 Å². The van der Waals surface area contributed by atoms with Gasteiger partial charge in [-0.25, -0.2) is 4.98 Å². The van der Waals surface area contributed by atoms with Gasteiger partial charge in [0.05, 0.1) is 17.6 Å². The third-order valence-electron chi connectivity index (χ3n) is 3.15. The summed E-state index contributed by atoms with van der Waals surface area (Å²) in [6.45, 7) is 4.84. The lowest BCUT2D eigenvalue weighted by molar-refractivity contribution is 0.343. The molecule has 3 aromatic rings. The number of hydrogen-bond acceptors (Lipinski definition) is 3. The van der Waals surface area contributed by atoms with Crippen molar-refractivity contribution in [2.75, 3.05) is 12.4 Å². The summed E-state index contributed by atoms with van der Waals surface area (Å²) in [6, 6.07) is 14.4. The highest BCUT2D eigenvalue weighted by molar-refractivity contribution is 7.99. The van der Waals surface area contributed by atoms with Crippen LogP contribution in [0.3, 0.4) is 0 Å². The highest BCUT2D eigenvalue weighted by Crippen LogP contribution is 2.20. The smallest absolute Gasteiger partial charge is 0.166 e. The van der Waals surface area contributed by atoms with Crippen molar-refractivity contribution < 1.29 is 4.74 Å². The van der Waals surface area contributed by atoms with Crippen molar-refractivity contribution in [1.29, 1.82) is 0 Å². The number of aromatic amines is 1. The average Bonchev–Trinajstić information content (AvgIpc) is 2.85. The number of nitrogens with zero attached hydrogens (tertiary/aromatic N) is 1. The molecule has 3 nitrogen and oxygen atoms in total. The average molecular weight is 298 g/mol.